The van der Waals surface area contributed by atoms with Gasteiger partial charge in [-0.15, -0.1) is 0 Å². The summed E-state index contributed by atoms with van der Waals surface area (Å²) in [5.41, 5.74) is 20.0. The van der Waals surface area contributed by atoms with Crippen LogP contribution >= 0.6 is 0 Å². The van der Waals surface area contributed by atoms with Crippen molar-refractivity contribution < 1.29 is 13.6 Å². The Hall–Kier alpha value is -2.57. The number of carbonyl (C=O) groups excluding carboxylic acids is 1. The molecule has 0 saturated carbocycles. The van der Waals surface area contributed by atoms with Crippen molar-refractivity contribution in [2.75, 3.05) is 0 Å². The van der Waals surface area contributed by atoms with Gasteiger partial charge in [0.25, 0.3) is 5.91 Å². The Morgan fingerprint density at radius 1 is 1.00 bits per heavy atom. The average molecular weight is 254 g/mol. The summed E-state index contributed by atoms with van der Waals surface area (Å²) in [5.74, 6) is -3.37. The smallest absolute Gasteiger partial charge is 0.254 e. The third-order valence-corrected chi connectivity index (χ3v) is 2.08. The highest BCUT2D eigenvalue weighted by atomic mass is 19.1. The normalized spacial score (nSPS) is 11.1. The number of hydrogen-bond acceptors (Lipinski definition) is 4. The molecule has 0 radical (unpaired) electrons. The molecular formula is C11H12F2N4O. The molecule has 0 unspecified atom stereocenters. The fraction of sp³-hybridized carbons (Fsp3) is 0. The van der Waals surface area contributed by atoms with E-state index in [0.29, 0.717) is 0 Å². The maximum atomic E-state index is 13.4. The molecule has 1 aromatic carbocycles. The van der Waals surface area contributed by atoms with Gasteiger partial charge in [0.05, 0.1) is 5.82 Å². The molecule has 0 aromatic heterocycles. The standard InChI is InChI=1S/C11H12F2N4O/c12-6-3-5(8(14)1-2-9(15)16)4-7(13)10(6)11(17)18/h1-4H,14-16H2,(H2,17,18)/b8-1-. The van der Waals surface area contributed by atoms with E-state index in [1.54, 1.807) is 0 Å². The second kappa shape index (κ2) is 5.17. The van der Waals surface area contributed by atoms with Gasteiger partial charge in [-0.25, -0.2) is 8.78 Å². The molecule has 0 saturated heterocycles. The maximum Gasteiger partial charge on any atom is 0.254 e. The molecule has 7 heteroatoms. The first kappa shape index (κ1) is 13.5. The third kappa shape index (κ3) is 2.97. The van der Waals surface area contributed by atoms with Crippen LogP contribution in [0.2, 0.25) is 0 Å². The highest BCUT2D eigenvalue weighted by Gasteiger charge is 2.16. The van der Waals surface area contributed by atoms with E-state index in [0.717, 1.165) is 12.1 Å². The molecular weight excluding hydrogens is 242 g/mol. The van der Waals surface area contributed by atoms with E-state index in [4.69, 9.17) is 22.9 Å². The lowest BCUT2D eigenvalue weighted by molar-refractivity contribution is 0.0992. The first-order valence-electron chi connectivity index (χ1n) is 4.80. The van der Waals surface area contributed by atoms with Crippen LogP contribution in [0.15, 0.2) is 30.1 Å². The first-order chi connectivity index (χ1) is 8.32. The van der Waals surface area contributed by atoms with Gasteiger partial charge in [-0.2, -0.15) is 0 Å². The summed E-state index contributed by atoms with van der Waals surface area (Å²) >= 11 is 0. The van der Waals surface area contributed by atoms with Crippen LogP contribution in [0.25, 0.3) is 5.70 Å². The van der Waals surface area contributed by atoms with Crippen molar-refractivity contribution in [2.24, 2.45) is 22.9 Å². The highest BCUT2D eigenvalue weighted by molar-refractivity contribution is 5.93. The molecule has 96 valence electrons. The number of benzene rings is 1. The van der Waals surface area contributed by atoms with Gasteiger partial charge in [0.1, 0.15) is 17.2 Å². The molecule has 1 rings (SSSR count). The molecule has 0 spiro atoms. The summed E-state index contributed by atoms with van der Waals surface area (Å²) in [6.45, 7) is 0. The highest BCUT2D eigenvalue weighted by Crippen LogP contribution is 2.18. The van der Waals surface area contributed by atoms with E-state index in [1.807, 2.05) is 0 Å². The summed E-state index contributed by atoms with van der Waals surface area (Å²) < 4.78 is 26.9. The summed E-state index contributed by atoms with van der Waals surface area (Å²) in [6.07, 6.45) is 2.56. The molecule has 18 heavy (non-hydrogen) atoms. The SMILES string of the molecule is NC(=O)c1c(F)cc(/C(N)=C/C=C(N)N)cc1F. The lowest BCUT2D eigenvalue weighted by Crippen LogP contribution is -2.16. The van der Waals surface area contributed by atoms with Gasteiger partial charge in [-0.3, -0.25) is 4.79 Å². The van der Waals surface area contributed by atoms with Crippen LogP contribution in [0, 0.1) is 11.6 Å². The van der Waals surface area contributed by atoms with Crippen molar-refractivity contribution in [3.05, 3.63) is 52.9 Å². The van der Waals surface area contributed by atoms with E-state index in [1.165, 1.54) is 12.2 Å². The lowest BCUT2D eigenvalue weighted by atomic mass is 10.1. The molecule has 1 amide bonds. The molecule has 1 aromatic rings. The van der Waals surface area contributed by atoms with Crippen LogP contribution in [0.1, 0.15) is 15.9 Å². The summed E-state index contributed by atoms with van der Waals surface area (Å²) in [7, 11) is 0. The molecule has 0 aliphatic carbocycles. The zero-order chi connectivity index (χ0) is 13.9. The predicted molar refractivity (Wildman–Crippen MR) is 63.5 cm³/mol. The van der Waals surface area contributed by atoms with Gasteiger partial charge in [-0.05, 0) is 24.3 Å². The van der Waals surface area contributed by atoms with Crippen LogP contribution in [-0.2, 0) is 0 Å². The monoisotopic (exact) mass is 254 g/mol. The average Bonchev–Trinajstić information content (AvgIpc) is 2.24. The fourth-order valence-corrected chi connectivity index (χ4v) is 1.26. The number of hydrogen-bond donors (Lipinski definition) is 4. The molecule has 0 atom stereocenters. The minimum atomic E-state index is -1.19. The number of amides is 1. The van der Waals surface area contributed by atoms with Crippen molar-refractivity contribution in [2.45, 2.75) is 0 Å². The van der Waals surface area contributed by atoms with Crippen LogP contribution in [0.3, 0.4) is 0 Å². The van der Waals surface area contributed by atoms with Crippen molar-refractivity contribution in [1.29, 1.82) is 0 Å². The number of rotatable bonds is 3. The molecule has 0 fully saturated rings. The second-order valence-electron chi connectivity index (χ2n) is 3.47. The maximum absolute atomic E-state index is 13.4. The molecule has 8 N–H and O–H groups in total. The Morgan fingerprint density at radius 3 is 1.89 bits per heavy atom. The van der Waals surface area contributed by atoms with Gasteiger partial charge in [0.2, 0.25) is 0 Å². The predicted octanol–water partition coefficient (Wildman–Crippen LogP) is 0.122. The number of allylic oxidation sites excluding steroid dienone is 2. The Balaban J connectivity index is 3.26. The number of halogens is 2. The minimum Gasteiger partial charge on any atom is -0.398 e. The van der Waals surface area contributed by atoms with Crippen LogP contribution in [0.4, 0.5) is 8.78 Å². The Labute approximate surface area is 102 Å². The van der Waals surface area contributed by atoms with Crippen molar-refractivity contribution in [1.82, 2.24) is 0 Å². The Morgan fingerprint density at radius 2 is 1.50 bits per heavy atom. The van der Waals surface area contributed by atoms with Gasteiger partial charge in [-0.1, -0.05) is 0 Å². The summed E-state index contributed by atoms with van der Waals surface area (Å²) in [6, 6.07) is 1.80. The van der Waals surface area contributed by atoms with Crippen LogP contribution in [0.5, 0.6) is 0 Å². The lowest BCUT2D eigenvalue weighted by Gasteiger charge is -2.05. The molecule has 5 nitrogen and oxygen atoms in total. The quantitative estimate of drug-likeness (QED) is 0.572. The van der Waals surface area contributed by atoms with E-state index >= 15 is 0 Å². The topological polar surface area (TPSA) is 121 Å². The largest absolute Gasteiger partial charge is 0.398 e. The molecule has 0 bridgehead atoms. The zero-order valence-electron chi connectivity index (χ0n) is 9.28. The minimum absolute atomic E-state index is 0.00681. The second-order valence-corrected chi connectivity index (χ2v) is 3.47. The van der Waals surface area contributed by atoms with Crippen molar-refractivity contribution in [3.8, 4) is 0 Å². The summed E-state index contributed by atoms with van der Waals surface area (Å²) in [5, 5.41) is 0. The van der Waals surface area contributed by atoms with Gasteiger partial charge < -0.3 is 22.9 Å². The molecule has 0 aliphatic rings. The van der Waals surface area contributed by atoms with E-state index in [-0.39, 0.29) is 17.1 Å². The van der Waals surface area contributed by atoms with Gasteiger partial charge in [0, 0.05) is 11.3 Å². The summed E-state index contributed by atoms with van der Waals surface area (Å²) in [4.78, 5) is 10.8. The Bertz CT molecular complexity index is 525. The van der Waals surface area contributed by atoms with E-state index in [9.17, 15) is 13.6 Å². The van der Waals surface area contributed by atoms with Crippen molar-refractivity contribution in [3.63, 3.8) is 0 Å². The number of carbonyl (C=O) groups is 1. The fourth-order valence-electron chi connectivity index (χ4n) is 1.26. The number of primary amides is 1. The van der Waals surface area contributed by atoms with Crippen LogP contribution in [-0.4, -0.2) is 5.91 Å². The zero-order valence-corrected chi connectivity index (χ0v) is 9.28. The first-order valence-corrected chi connectivity index (χ1v) is 4.80. The Kier molecular flexibility index (Phi) is 3.88. The van der Waals surface area contributed by atoms with Crippen LogP contribution < -0.4 is 22.9 Å². The van der Waals surface area contributed by atoms with Gasteiger partial charge >= 0.3 is 0 Å². The van der Waals surface area contributed by atoms with E-state index < -0.39 is 23.1 Å². The third-order valence-electron chi connectivity index (χ3n) is 2.08. The molecule has 0 aliphatic heterocycles. The van der Waals surface area contributed by atoms with Crippen molar-refractivity contribution >= 4 is 11.6 Å². The van der Waals surface area contributed by atoms with Gasteiger partial charge in [0.15, 0.2) is 0 Å². The van der Waals surface area contributed by atoms with E-state index in [2.05, 4.69) is 0 Å². The molecule has 0 heterocycles. The number of nitrogens with two attached hydrogens (primary N) is 4.